The number of ether oxygens (including phenoxy) is 4. The Morgan fingerprint density at radius 1 is 0.280 bits per heavy atom. The predicted octanol–water partition coefficient (Wildman–Crippen LogP) is 14.2. The molecule has 0 atom stereocenters. The molecule has 8 bridgehead atoms. The Hall–Kier alpha value is -7.44. The third-order valence-corrected chi connectivity index (χ3v) is 14.9. The van der Waals surface area contributed by atoms with E-state index in [9.17, 15) is 0 Å². The van der Waals surface area contributed by atoms with E-state index in [0.29, 0.717) is 26.4 Å². The number of hydrogen-bond acceptors (Lipinski definition) is 8. The molecule has 0 saturated carbocycles. The largest absolute Gasteiger partial charge is 0.494 e. The van der Waals surface area contributed by atoms with Crippen molar-refractivity contribution in [1.29, 1.82) is 0 Å². The second kappa shape index (κ2) is 27.1. The highest BCUT2D eigenvalue weighted by Crippen LogP contribution is 2.40. The van der Waals surface area contributed by atoms with Crippen molar-refractivity contribution in [2.24, 2.45) is 20.0 Å². The van der Waals surface area contributed by atoms with Crippen molar-refractivity contribution in [1.82, 2.24) is 0 Å². The lowest BCUT2D eigenvalue weighted by Crippen LogP contribution is -2.36. The molecule has 82 heavy (non-hydrogen) atoms. The highest BCUT2D eigenvalue weighted by Gasteiger charge is 2.28. The third-order valence-electron chi connectivity index (χ3n) is 14.9. The van der Waals surface area contributed by atoms with Crippen LogP contribution >= 0.6 is 0 Å². The van der Waals surface area contributed by atoms with Crippen LogP contribution in [0.2, 0.25) is 0 Å². The van der Waals surface area contributed by atoms with E-state index in [1.165, 1.54) is 38.5 Å². The molecule has 0 fully saturated rings. The van der Waals surface area contributed by atoms with Gasteiger partial charge in [-0.15, -0.1) is 0 Å². The van der Waals surface area contributed by atoms with Crippen LogP contribution in [-0.2, 0) is 0 Å². The molecular formula is C71H88N7O4+3. The summed E-state index contributed by atoms with van der Waals surface area (Å²) in [6.07, 6.45) is 28.5. The Kier molecular flexibility index (Phi) is 19.6. The highest BCUT2D eigenvalue weighted by atomic mass is 16.5. The van der Waals surface area contributed by atoms with Crippen molar-refractivity contribution in [2.45, 2.75) is 71.1 Å². The summed E-state index contributed by atoms with van der Waals surface area (Å²) in [6.45, 7) is 7.98. The lowest BCUT2D eigenvalue weighted by atomic mass is 9.98. The number of benzene rings is 4. The van der Waals surface area contributed by atoms with Crippen molar-refractivity contribution in [2.75, 3.05) is 109 Å². The number of aliphatic imine (C=N–C) groups is 4. The van der Waals surface area contributed by atoms with E-state index in [-0.39, 0.29) is 0 Å². The van der Waals surface area contributed by atoms with Gasteiger partial charge in [0.25, 0.3) is 0 Å². The van der Waals surface area contributed by atoms with E-state index >= 15 is 0 Å². The fourth-order valence-corrected chi connectivity index (χ4v) is 10.6. The fraction of sp³-hybridized carbons (Fsp3) is 0.380. The highest BCUT2D eigenvalue weighted by molar-refractivity contribution is 6.39. The summed E-state index contributed by atoms with van der Waals surface area (Å²) < 4.78 is 27.9. The minimum absolute atomic E-state index is 0.645. The third kappa shape index (κ3) is 16.4. The number of allylic oxidation sites excluding steroid dienone is 12. The first-order valence-electron chi connectivity index (χ1n) is 29.9. The Morgan fingerprint density at radius 2 is 0.512 bits per heavy atom. The van der Waals surface area contributed by atoms with Crippen molar-refractivity contribution in [3.05, 3.63) is 191 Å². The first kappa shape index (κ1) is 59.2. The summed E-state index contributed by atoms with van der Waals surface area (Å²) in [5.74, 6) is 3.34. The molecule has 0 saturated heterocycles. The molecule has 0 aliphatic carbocycles. The van der Waals surface area contributed by atoms with Gasteiger partial charge in [0.2, 0.25) is 0 Å². The Balaban J connectivity index is 1.15. The van der Waals surface area contributed by atoms with Gasteiger partial charge in [0.05, 0.1) is 155 Å². The van der Waals surface area contributed by atoms with Gasteiger partial charge >= 0.3 is 0 Å². The first-order chi connectivity index (χ1) is 39.5. The van der Waals surface area contributed by atoms with E-state index in [0.717, 1.165) is 172 Å². The maximum Gasteiger partial charge on any atom is 0.119 e. The van der Waals surface area contributed by atoms with Crippen molar-refractivity contribution < 1.29 is 32.4 Å². The van der Waals surface area contributed by atoms with Crippen LogP contribution in [0.4, 0.5) is 0 Å². The topological polar surface area (TPSA) is 86.4 Å². The van der Waals surface area contributed by atoms with Crippen LogP contribution in [-0.4, -0.2) is 146 Å². The van der Waals surface area contributed by atoms with Gasteiger partial charge in [0.15, 0.2) is 0 Å². The second-order valence-corrected chi connectivity index (χ2v) is 25.1. The first-order valence-corrected chi connectivity index (χ1v) is 29.9. The van der Waals surface area contributed by atoms with Gasteiger partial charge in [0.1, 0.15) is 23.0 Å². The maximum atomic E-state index is 6.32. The second-order valence-electron chi connectivity index (χ2n) is 25.1. The molecule has 11 nitrogen and oxygen atoms in total. The Labute approximate surface area is 489 Å². The molecule has 0 unspecified atom stereocenters. The molecule has 0 N–H and O–H groups in total. The van der Waals surface area contributed by atoms with E-state index in [1.807, 2.05) is 0 Å². The smallest absolute Gasteiger partial charge is 0.119 e. The number of rotatable bonds is 28. The molecule has 0 aromatic heterocycles. The lowest BCUT2D eigenvalue weighted by molar-refractivity contribution is -0.870. The summed E-state index contributed by atoms with van der Waals surface area (Å²) in [5, 5.41) is 0. The molecule has 4 aromatic rings. The molecule has 5 aliphatic heterocycles. The van der Waals surface area contributed by atoms with Gasteiger partial charge in [-0.2, -0.15) is 0 Å². The zero-order valence-electron chi connectivity index (χ0n) is 50.6. The molecule has 428 valence electrons. The summed E-state index contributed by atoms with van der Waals surface area (Å²) in [5.41, 5.74) is 14.0. The Bertz CT molecular complexity index is 3220. The van der Waals surface area contributed by atoms with Gasteiger partial charge in [-0.1, -0.05) is 94.0 Å². The molecule has 5 aliphatic rings. The molecule has 4 aromatic carbocycles. The van der Waals surface area contributed by atoms with Gasteiger partial charge in [-0.3, -0.25) is 0 Å². The minimum Gasteiger partial charge on any atom is -0.494 e. The van der Waals surface area contributed by atoms with Crippen LogP contribution in [0.3, 0.4) is 0 Å². The van der Waals surface area contributed by atoms with E-state index < -0.39 is 0 Å². The SMILES string of the molecule is CCCCCCCCCOc1ccc(C2=C3C=CC(=N3)C(c3ccc(OCCC[N+](C)(C)C)cc3)=C3C=CC(=N3)C(c3ccc(OCCC[N+](C)(C)C)cc3)=C3C=CC(=N3)C(c3ccc(OCCC[N+](C)(C)C)cc3)=C3C=CC2=N3)cc1. The van der Waals surface area contributed by atoms with Gasteiger partial charge in [0, 0.05) is 41.6 Å². The molecule has 0 radical (unpaired) electrons. The van der Waals surface area contributed by atoms with E-state index in [2.05, 4.69) is 216 Å². The fourth-order valence-electron chi connectivity index (χ4n) is 10.6. The predicted molar refractivity (Wildman–Crippen MR) is 342 cm³/mol. The van der Waals surface area contributed by atoms with Crippen LogP contribution in [0.1, 0.15) is 93.4 Å². The zero-order chi connectivity index (χ0) is 57.7. The molecule has 0 spiro atoms. The average molecular weight is 1100 g/mol. The van der Waals surface area contributed by atoms with Gasteiger partial charge in [-0.25, -0.2) is 20.0 Å². The number of hydrogen-bond donors (Lipinski definition) is 0. The number of unbranched alkanes of at least 4 members (excludes halogenated alkanes) is 6. The number of fused-ring (bicyclic) bond motifs is 4. The van der Waals surface area contributed by atoms with Crippen LogP contribution in [0, 0.1) is 0 Å². The number of quaternary nitrogens is 3. The average Bonchev–Trinajstić information content (AvgIpc) is 4.49. The summed E-state index contributed by atoms with van der Waals surface area (Å²) in [7, 11) is 19.9. The van der Waals surface area contributed by atoms with E-state index in [4.69, 9.17) is 38.9 Å². The van der Waals surface area contributed by atoms with Gasteiger partial charge in [-0.05, 0) is 126 Å². The van der Waals surface area contributed by atoms with Crippen molar-refractivity contribution in [3.63, 3.8) is 0 Å². The van der Waals surface area contributed by atoms with Gasteiger partial charge < -0.3 is 32.4 Å². The number of nitrogens with zero attached hydrogens (tertiary/aromatic N) is 7. The maximum absolute atomic E-state index is 6.32. The van der Waals surface area contributed by atoms with Crippen LogP contribution < -0.4 is 18.9 Å². The molecule has 5 heterocycles. The summed E-state index contributed by atoms with van der Waals surface area (Å²) in [4.78, 5) is 22.2. The summed E-state index contributed by atoms with van der Waals surface area (Å²) in [6, 6.07) is 33.6. The molecule has 11 heteroatoms. The van der Waals surface area contributed by atoms with Crippen LogP contribution in [0.5, 0.6) is 23.0 Å². The zero-order valence-corrected chi connectivity index (χ0v) is 50.6. The van der Waals surface area contributed by atoms with Crippen LogP contribution in [0.25, 0.3) is 22.3 Å². The standard InChI is InChI=1S/C71H88N7O4/c1-11-12-13-14-15-16-17-48-79-56-29-21-52(22-30-56)68-60-37-39-62(72-60)69(53-23-31-57(32-24-53)80-49-18-45-76(2,3)4)64-41-43-66(74-64)71(55-27-35-59(36-28-55)82-51-20-47-78(8,9)10)67-44-42-65(75-67)70(63-40-38-61(68)73-63)54-25-33-58(34-26-54)81-50-19-46-77(5,6)7/h21-44H,11-20,45-51H2,1-10H3/q+3. The van der Waals surface area contributed by atoms with Crippen molar-refractivity contribution in [3.8, 4) is 23.0 Å². The van der Waals surface area contributed by atoms with Crippen LogP contribution in [0.15, 0.2) is 188 Å². The van der Waals surface area contributed by atoms with E-state index in [1.54, 1.807) is 0 Å². The molecular weight excluding hydrogens is 1010 g/mol. The minimum atomic E-state index is 0.645. The molecule has 0 amide bonds. The Morgan fingerprint density at radius 3 is 0.756 bits per heavy atom. The normalized spacial score (nSPS) is 15.9. The quantitative estimate of drug-likeness (QED) is 0.0419. The molecule has 9 rings (SSSR count). The van der Waals surface area contributed by atoms with Crippen molar-refractivity contribution >= 4 is 45.1 Å². The monoisotopic (exact) mass is 1100 g/mol. The lowest BCUT2D eigenvalue weighted by Gasteiger charge is -2.23. The summed E-state index contributed by atoms with van der Waals surface area (Å²) >= 11 is 0.